The molecule has 0 aromatic carbocycles. The summed E-state index contributed by atoms with van der Waals surface area (Å²) in [6.07, 6.45) is 2.75. The van der Waals surface area contributed by atoms with Crippen LogP contribution in [0.2, 0.25) is 0 Å². The van der Waals surface area contributed by atoms with Crippen molar-refractivity contribution in [3.63, 3.8) is 0 Å². The van der Waals surface area contributed by atoms with E-state index < -0.39 is 0 Å². The Morgan fingerprint density at radius 3 is 2.67 bits per heavy atom. The number of ether oxygens (including phenoxy) is 1. The molecular weight excluding hydrogens is 176 g/mol. The van der Waals surface area contributed by atoms with Crippen LogP contribution in [0, 0.1) is 11.8 Å². The molecule has 0 heterocycles. The van der Waals surface area contributed by atoms with Gasteiger partial charge in [0, 0.05) is 5.38 Å². The molecule has 0 amide bonds. The fourth-order valence-electron chi connectivity index (χ4n) is 1.83. The van der Waals surface area contributed by atoms with Gasteiger partial charge < -0.3 is 4.74 Å². The minimum absolute atomic E-state index is 0.0741. The monoisotopic (exact) mass is 190 g/mol. The van der Waals surface area contributed by atoms with Gasteiger partial charge in [0.15, 0.2) is 0 Å². The van der Waals surface area contributed by atoms with E-state index in [9.17, 15) is 4.79 Å². The second kappa shape index (κ2) is 4.13. The van der Waals surface area contributed by atoms with Gasteiger partial charge in [0.05, 0.1) is 13.0 Å². The Morgan fingerprint density at radius 2 is 2.17 bits per heavy atom. The first-order valence-corrected chi connectivity index (χ1v) is 4.80. The predicted octanol–water partition coefficient (Wildman–Crippen LogP) is 2.20. The third kappa shape index (κ3) is 2.13. The van der Waals surface area contributed by atoms with Crippen LogP contribution in [0.5, 0.6) is 0 Å². The molecule has 70 valence electrons. The van der Waals surface area contributed by atoms with Gasteiger partial charge in [0.1, 0.15) is 0 Å². The molecule has 0 aliphatic heterocycles. The summed E-state index contributed by atoms with van der Waals surface area (Å²) >= 11 is 5.97. The summed E-state index contributed by atoms with van der Waals surface area (Å²) in [5.74, 6) is 0.366. The number of hydrogen-bond acceptors (Lipinski definition) is 2. The average molecular weight is 191 g/mol. The maximum atomic E-state index is 11.2. The van der Waals surface area contributed by atoms with Crippen molar-refractivity contribution in [2.24, 2.45) is 11.8 Å². The summed E-state index contributed by atoms with van der Waals surface area (Å²) in [7, 11) is 1.45. The van der Waals surface area contributed by atoms with Crippen molar-refractivity contribution >= 4 is 17.6 Å². The zero-order valence-corrected chi connectivity index (χ0v) is 8.30. The van der Waals surface area contributed by atoms with Crippen LogP contribution in [0.1, 0.15) is 26.2 Å². The van der Waals surface area contributed by atoms with E-state index >= 15 is 0 Å². The zero-order valence-electron chi connectivity index (χ0n) is 7.55. The maximum Gasteiger partial charge on any atom is 0.308 e. The van der Waals surface area contributed by atoms with Gasteiger partial charge in [-0.2, -0.15) is 0 Å². The van der Waals surface area contributed by atoms with E-state index in [4.69, 9.17) is 16.3 Å². The van der Waals surface area contributed by atoms with Gasteiger partial charge in [-0.05, 0) is 25.2 Å². The first-order valence-electron chi connectivity index (χ1n) is 4.37. The lowest BCUT2D eigenvalue weighted by molar-refractivity contribution is -0.148. The highest BCUT2D eigenvalue weighted by molar-refractivity contribution is 6.20. The average Bonchev–Trinajstić information content (AvgIpc) is 2.03. The Balaban J connectivity index is 2.50. The second-order valence-corrected chi connectivity index (χ2v) is 4.13. The highest BCUT2D eigenvalue weighted by Gasteiger charge is 2.31. The van der Waals surface area contributed by atoms with Gasteiger partial charge in [0.25, 0.3) is 0 Å². The molecule has 1 fully saturated rings. The molecule has 1 aliphatic rings. The molecule has 3 atom stereocenters. The van der Waals surface area contributed by atoms with Crippen molar-refractivity contribution in [3.8, 4) is 0 Å². The fourth-order valence-corrected chi connectivity index (χ4v) is 2.24. The third-order valence-electron chi connectivity index (χ3n) is 2.61. The molecule has 0 aromatic heterocycles. The molecule has 1 rings (SSSR count). The van der Waals surface area contributed by atoms with Crippen molar-refractivity contribution in [3.05, 3.63) is 0 Å². The summed E-state index contributed by atoms with van der Waals surface area (Å²) in [6.45, 7) is 2.07. The number of hydrogen-bond donors (Lipinski definition) is 0. The zero-order chi connectivity index (χ0) is 9.14. The molecule has 0 bridgehead atoms. The lowest BCUT2D eigenvalue weighted by Gasteiger charge is -2.29. The van der Waals surface area contributed by atoms with Crippen LogP contribution in [-0.2, 0) is 9.53 Å². The molecular formula is C9H15ClO2. The van der Waals surface area contributed by atoms with Crippen LogP contribution in [0.25, 0.3) is 0 Å². The van der Waals surface area contributed by atoms with E-state index in [1.807, 2.05) is 0 Å². The van der Waals surface area contributed by atoms with E-state index in [0.717, 1.165) is 19.3 Å². The topological polar surface area (TPSA) is 26.3 Å². The van der Waals surface area contributed by atoms with Crippen LogP contribution in [0.15, 0.2) is 0 Å². The SMILES string of the molecule is COC(=O)C1CCC(Cl)CC1C. The van der Waals surface area contributed by atoms with E-state index in [1.54, 1.807) is 0 Å². The third-order valence-corrected chi connectivity index (χ3v) is 3.01. The van der Waals surface area contributed by atoms with Crippen molar-refractivity contribution in [2.45, 2.75) is 31.6 Å². The lowest BCUT2D eigenvalue weighted by Crippen LogP contribution is -2.30. The van der Waals surface area contributed by atoms with E-state index in [0.29, 0.717) is 5.92 Å². The number of carbonyl (C=O) groups excluding carboxylic acids is 1. The Bertz CT molecular complexity index is 170. The summed E-state index contributed by atoms with van der Waals surface area (Å²) in [6, 6.07) is 0. The van der Waals surface area contributed by atoms with Crippen LogP contribution in [0.4, 0.5) is 0 Å². The molecule has 0 saturated heterocycles. The standard InChI is InChI=1S/C9H15ClO2/c1-6-5-7(10)3-4-8(6)9(11)12-2/h6-8H,3-5H2,1-2H3. The molecule has 0 spiro atoms. The molecule has 0 aromatic rings. The molecule has 2 nitrogen and oxygen atoms in total. The quantitative estimate of drug-likeness (QED) is 0.468. The summed E-state index contributed by atoms with van der Waals surface area (Å²) < 4.78 is 4.71. The van der Waals surface area contributed by atoms with Crippen LogP contribution in [0.3, 0.4) is 0 Å². The van der Waals surface area contributed by atoms with E-state index in [1.165, 1.54) is 7.11 Å². The molecule has 0 radical (unpaired) electrons. The summed E-state index contributed by atoms with van der Waals surface area (Å²) in [5.41, 5.74) is 0. The Labute approximate surface area is 78.2 Å². The molecule has 1 saturated carbocycles. The maximum absolute atomic E-state index is 11.2. The largest absolute Gasteiger partial charge is 0.469 e. The van der Waals surface area contributed by atoms with Crippen molar-refractivity contribution in [1.82, 2.24) is 0 Å². The van der Waals surface area contributed by atoms with Gasteiger partial charge in [-0.25, -0.2) is 0 Å². The van der Waals surface area contributed by atoms with Gasteiger partial charge in [0.2, 0.25) is 0 Å². The number of rotatable bonds is 1. The first kappa shape index (κ1) is 9.85. The van der Waals surface area contributed by atoms with E-state index in [2.05, 4.69) is 6.92 Å². The molecule has 1 aliphatic carbocycles. The number of halogens is 1. The molecule has 0 N–H and O–H groups in total. The summed E-state index contributed by atoms with van der Waals surface area (Å²) in [4.78, 5) is 11.2. The Morgan fingerprint density at radius 1 is 1.50 bits per heavy atom. The molecule has 12 heavy (non-hydrogen) atoms. The van der Waals surface area contributed by atoms with Gasteiger partial charge in [-0.3, -0.25) is 4.79 Å². The predicted molar refractivity (Wildman–Crippen MR) is 48.2 cm³/mol. The number of alkyl halides is 1. The Hall–Kier alpha value is -0.240. The first-order chi connectivity index (χ1) is 5.65. The van der Waals surface area contributed by atoms with Crippen LogP contribution >= 0.6 is 11.6 Å². The Kier molecular flexibility index (Phi) is 3.39. The minimum atomic E-state index is -0.0777. The van der Waals surface area contributed by atoms with Crippen LogP contribution in [-0.4, -0.2) is 18.5 Å². The van der Waals surface area contributed by atoms with Gasteiger partial charge in [-0.1, -0.05) is 6.92 Å². The van der Waals surface area contributed by atoms with Crippen molar-refractivity contribution < 1.29 is 9.53 Å². The van der Waals surface area contributed by atoms with E-state index in [-0.39, 0.29) is 17.3 Å². The summed E-state index contributed by atoms with van der Waals surface area (Å²) in [5, 5.41) is 0.251. The second-order valence-electron chi connectivity index (χ2n) is 3.52. The molecule has 3 unspecified atom stereocenters. The van der Waals surface area contributed by atoms with Gasteiger partial charge in [-0.15, -0.1) is 11.6 Å². The number of carbonyl (C=O) groups is 1. The normalized spacial score (nSPS) is 36.1. The van der Waals surface area contributed by atoms with Gasteiger partial charge >= 0.3 is 5.97 Å². The highest BCUT2D eigenvalue weighted by Crippen LogP contribution is 2.33. The smallest absolute Gasteiger partial charge is 0.308 e. The minimum Gasteiger partial charge on any atom is -0.469 e. The van der Waals surface area contributed by atoms with Crippen LogP contribution < -0.4 is 0 Å². The highest BCUT2D eigenvalue weighted by atomic mass is 35.5. The number of methoxy groups -OCH3 is 1. The van der Waals surface area contributed by atoms with Crippen molar-refractivity contribution in [2.75, 3.05) is 7.11 Å². The lowest BCUT2D eigenvalue weighted by atomic mass is 9.80. The molecule has 3 heteroatoms. The fraction of sp³-hybridized carbons (Fsp3) is 0.889. The number of esters is 1. The van der Waals surface area contributed by atoms with Crippen molar-refractivity contribution in [1.29, 1.82) is 0 Å².